The van der Waals surface area contributed by atoms with Crippen molar-refractivity contribution in [3.63, 3.8) is 0 Å². The van der Waals surface area contributed by atoms with Crippen LogP contribution in [0.25, 0.3) is 88.7 Å². The lowest BCUT2D eigenvalue weighted by Crippen LogP contribution is -1.94. The summed E-state index contributed by atoms with van der Waals surface area (Å²) >= 11 is 0. The number of hydrogen-bond acceptors (Lipinski definition) is 0. The second-order valence-corrected chi connectivity index (χ2v) is 18.5. The van der Waals surface area contributed by atoms with Crippen LogP contribution in [0.3, 0.4) is 0 Å². The summed E-state index contributed by atoms with van der Waals surface area (Å²) < 4.78 is 2.39. The van der Waals surface area contributed by atoms with Crippen molar-refractivity contribution in [3.05, 3.63) is 301 Å². The standard InChI is InChI=1S/C44H33N.C26H24/c1-30-10-6-7-13-39(30)41-28-36(17-16-31(41)2)37-24-27-44-42(29-37)40-14-8-9-15-43(40)45(44)38-25-22-35(23-26-38)34-20-18-33(19-21-34)32-11-4-3-5-12-32;1-20-14-16-25(17-15-20)26(18-21(2)23-10-6-4-7-11-23)19-22(3)24-12-8-5-9-13-24/h3-29H,1-2H3;4-19H,2H2,1,3H3/b;22-19+,26-18+. The summed E-state index contributed by atoms with van der Waals surface area (Å²) in [5, 5.41) is 2.53. The van der Waals surface area contributed by atoms with Gasteiger partial charge in [0.15, 0.2) is 0 Å². The van der Waals surface area contributed by atoms with Crippen LogP contribution in [0, 0.1) is 20.8 Å². The number of para-hydroxylation sites is 1. The third-order valence-corrected chi connectivity index (χ3v) is 13.6. The van der Waals surface area contributed by atoms with Gasteiger partial charge in [-0.2, -0.15) is 0 Å². The molecule has 0 aliphatic rings. The Bertz CT molecular complexity index is 3680. The SMILES string of the molecule is C=C(/C=C(\C=C(/C)c1ccccc1)c1ccc(C)cc1)c1ccccc1.Cc1ccccc1-c1cc(-c2ccc3c(c2)c2ccccc2n3-c2ccc(-c3ccc(-c4ccccc4)cc3)cc2)ccc1C. The van der Waals surface area contributed by atoms with Crippen LogP contribution in [0.2, 0.25) is 0 Å². The van der Waals surface area contributed by atoms with Crippen molar-refractivity contribution < 1.29 is 0 Å². The first-order chi connectivity index (χ1) is 34.8. The normalized spacial score (nSPS) is 11.6. The Hall–Kier alpha value is -8.78. The van der Waals surface area contributed by atoms with E-state index >= 15 is 0 Å². The predicted octanol–water partition coefficient (Wildman–Crippen LogP) is 19.3. The van der Waals surface area contributed by atoms with E-state index in [1.54, 1.807) is 0 Å². The topological polar surface area (TPSA) is 4.93 Å². The third-order valence-electron chi connectivity index (χ3n) is 13.6. The molecular weight excluding hydrogens is 855 g/mol. The number of fused-ring (bicyclic) bond motifs is 3. The van der Waals surface area contributed by atoms with Crippen molar-refractivity contribution in [3.8, 4) is 50.2 Å². The van der Waals surface area contributed by atoms with E-state index < -0.39 is 0 Å². The maximum absolute atomic E-state index is 4.28. The van der Waals surface area contributed by atoms with E-state index in [1.807, 2.05) is 24.3 Å². The molecule has 10 aromatic carbocycles. The molecule has 0 unspecified atom stereocenters. The number of rotatable bonds is 10. The molecule has 0 bridgehead atoms. The lowest BCUT2D eigenvalue weighted by molar-refractivity contribution is 1.18. The first-order valence-corrected chi connectivity index (χ1v) is 24.5. The van der Waals surface area contributed by atoms with Gasteiger partial charge in [-0.3, -0.25) is 0 Å². The van der Waals surface area contributed by atoms with E-state index in [2.05, 4.69) is 275 Å². The average Bonchev–Trinajstić information content (AvgIpc) is 3.76. The fourth-order valence-electron chi connectivity index (χ4n) is 9.58. The lowest BCUT2D eigenvalue weighted by atomic mass is 9.92. The van der Waals surface area contributed by atoms with E-state index in [1.165, 1.54) is 105 Å². The first-order valence-electron chi connectivity index (χ1n) is 24.5. The van der Waals surface area contributed by atoms with E-state index in [0.29, 0.717) is 0 Å². The van der Waals surface area contributed by atoms with Gasteiger partial charge in [-0.15, -0.1) is 0 Å². The fraction of sp³-hybridized carbons (Fsp3) is 0.0571. The minimum absolute atomic E-state index is 1.01. The summed E-state index contributed by atoms with van der Waals surface area (Å²) in [5.74, 6) is 0. The molecule has 0 aliphatic carbocycles. The molecule has 71 heavy (non-hydrogen) atoms. The Morgan fingerprint density at radius 2 is 0.859 bits per heavy atom. The summed E-state index contributed by atoms with van der Waals surface area (Å²) in [6, 6.07) is 89.0. The molecule has 0 amide bonds. The Morgan fingerprint density at radius 3 is 1.52 bits per heavy atom. The highest BCUT2D eigenvalue weighted by molar-refractivity contribution is 6.10. The zero-order valence-corrected chi connectivity index (χ0v) is 41.0. The molecule has 0 N–H and O–H groups in total. The van der Waals surface area contributed by atoms with E-state index in [-0.39, 0.29) is 0 Å². The molecule has 0 aliphatic heterocycles. The van der Waals surface area contributed by atoms with Crippen molar-refractivity contribution in [2.45, 2.75) is 27.7 Å². The van der Waals surface area contributed by atoms with Gasteiger partial charge in [0.2, 0.25) is 0 Å². The van der Waals surface area contributed by atoms with Crippen LogP contribution in [-0.4, -0.2) is 4.57 Å². The number of aryl methyl sites for hydroxylation is 3. The summed E-state index contributed by atoms with van der Waals surface area (Å²) in [5.41, 5.74) is 24.4. The molecule has 1 heteroatoms. The van der Waals surface area contributed by atoms with Crippen molar-refractivity contribution in [2.24, 2.45) is 0 Å². The summed E-state index contributed by atoms with van der Waals surface area (Å²) in [6.07, 6.45) is 4.42. The number of hydrogen-bond donors (Lipinski definition) is 0. The maximum Gasteiger partial charge on any atom is 0.0541 e. The highest BCUT2D eigenvalue weighted by Gasteiger charge is 2.15. The van der Waals surface area contributed by atoms with Gasteiger partial charge in [0.1, 0.15) is 0 Å². The fourth-order valence-corrected chi connectivity index (χ4v) is 9.58. The lowest BCUT2D eigenvalue weighted by Gasteiger charge is -2.13. The minimum atomic E-state index is 1.01. The molecular formula is C70H57N. The summed E-state index contributed by atoms with van der Waals surface area (Å²) in [6.45, 7) is 12.9. The highest BCUT2D eigenvalue weighted by atomic mass is 15.0. The zero-order chi connectivity index (χ0) is 48.7. The van der Waals surface area contributed by atoms with Crippen molar-refractivity contribution in [1.82, 2.24) is 4.57 Å². The van der Waals surface area contributed by atoms with Gasteiger partial charge in [0.25, 0.3) is 0 Å². The molecule has 11 aromatic rings. The van der Waals surface area contributed by atoms with Crippen molar-refractivity contribution in [2.75, 3.05) is 0 Å². The maximum atomic E-state index is 4.28. The van der Waals surface area contributed by atoms with E-state index in [0.717, 1.165) is 16.8 Å². The number of nitrogens with zero attached hydrogens (tertiary/aromatic N) is 1. The van der Waals surface area contributed by atoms with Gasteiger partial charge in [-0.1, -0.05) is 231 Å². The molecule has 0 spiro atoms. The average molecular weight is 912 g/mol. The van der Waals surface area contributed by atoms with Crippen LogP contribution >= 0.6 is 0 Å². The van der Waals surface area contributed by atoms with Crippen LogP contribution in [0.1, 0.15) is 40.3 Å². The second-order valence-electron chi connectivity index (χ2n) is 18.5. The number of aromatic nitrogens is 1. The van der Waals surface area contributed by atoms with Crippen LogP contribution in [0.5, 0.6) is 0 Å². The molecule has 11 rings (SSSR count). The largest absolute Gasteiger partial charge is 0.309 e. The van der Waals surface area contributed by atoms with Gasteiger partial charge in [0.05, 0.1) is 11.0 Å². The van der Waals surface area contributed by atoms with Crippen molar-refractivity contribution >= 4 is 38.5 Å². The molecule has 1 nitrogen and oxygen atoms in total. The molecule has 0 saturated heterocycles. The Labute approximate surface area is 419 Å². The van der Waals surface area contributed by atoms with Crippen LogP contribution in [-0.2, 0) is 0 Å². The smallest absolute Gasteiger partial charge is 0.0541 e. The quantitative estimate of drug-likeness (QED) is 0.121. The van der Waals surface area contributed by atoms with E-state index in [4.69, 9.17) is 0 Å². The van der Waals surface area contributed by atoms with Gasteiger partial charge >= 0.3 is 0 Å². The van der Waals surface area contributed by atoms with Gasteiger partial charge in [0, 0.05) is 16.5 Å². The summed E-state index contributed by atoms with van der Waals surface area (Å²) in [4.78, 5) is 0. The number of benzene rings is 10. The Balaban J connectivity index is 0.000000191. The predicted molar refractivity (Wildman–Crippen MR) is 307 cm³/mol. The minimum Gasteiger partial charge on any atom is -0.309 e. The zero-order valence-electron chi connectivity index (χ0n) is 41.0. The van der Waals surface area contributed by atoms with Crippen LogP contribution < -0.4 is 0 Å². The molecule has 0 atom stereocenters. The molecule has 0 radical (unpaired) electrons. The molecule has 0 fully saturated rings. The van der Waals surface area contributed by atoms with E-state index in [9.17, 15) is 0 Å². The van der Waals surface area contributed by atoms with Crippen LogP contribution in [0.4, 0.5) is 0 Å². The third kappa shape index (κ3) is 10.2. The molecule has 0 saturated carbocycles. The first kappa shape index (κ1) is 46.0. The number of allylic oxidation sites excluding steroid dienone is 5. The van der Waals surface area contributed by atoms with Crippen molar-refractivity contribution in [1.29, 1.82) is 0 Å². The molecule has 342 valence electrons. The highest BCUT2D eigenvalue weighted by Crippen LogP contribution is 2.38. The monoisotopic (exact) mass is 911 g/mol. The van der Waals surface area contributed by atoms with Gasteiger partial charge < -0.3 is 4.57 Å². The van der Waals surface area contributed by atoms with Crippen LogP contribution in [0.15, 0.2) is 267 Å². The Kier molecular flexibility index (Phi) is 13.5. The van der Waals surface area contributed by atoms with Gasteiger partial charge in [-0.25, -0.2) is 0 Å². The Morgan fingerprint density at radius 1 is 0.366 bits per heavy atom. The summed E-state index contributed by atoms with van der Waals surface area (Å²) in [7, 11) is 0. The second kappa shape index (κ2) is 20.8. The molecule has 1 heterocycles. The molecule has 1 aromatic heterocycles. The van der Waals surface area contributed by atoms with Gasteiger partial charge in [-0.05, 0) is 159 Å².